The van der Waals surface area contributed by atoms with Crippen molar-refractivity contribution in [3.8, 4) is 5.75 Å². The van der Waals surface area contributed by atoms with Gasteiger partial charge in [0.25, 0.3) is 11.8 Å². The molecule has 0 radical (unpaired) electrons. The van der Waals surface area contributed by atoms with Crippen LogP contribution in [0.15, 0.2) is 47.4 Å². The molecule has 3 aliphatic rings. The van der Waals surface area contributed by atoms with E-state index in [-0.39, 0.29) is 36.9 Å². The zero-order valence-corrected chi connectivity index (χ0v) is 33.2. The van der Waals surface area contributed by atoms with Crippen molar-refractivity contribution in [1.29, 1.82) is 0 Å². The molecule has 1 saturated heterocycles. The summed E-state index contributed by atoms with van der Waals surface area (Å²) in [7, 11) is 0. The van der Waals surface area contributed by atoms with Crippen molar-refractivity contribution in [2.45, 2.75) is 148 Å². The Morgan fingerprint density at radius 2 is 1.57 bits per heavy atom. The molecule has 2 aromatic carbocycles. The third kappa shape index (κ3) is 9.99. The van der Waals surface area contributed by atoms with Crippen molar-refractivity contribution in [2.75, 3.05) is 0 Å². The summed E-state index contributed by atoms with van der Waals surface area (Å²) in [5.74, 6) is -7.51. The lowest BCUT2D eigenvalue weighted by molar-refractivity contribution is -0.176. The van der Waals surface area contributed by atoms with Crippen LogP contribution in [0.1, 0.15) is 152 Å². The highest BCUT2D eigenvalue weighted by atomic mass is 19.1. The van der Waals surface area contributed by atoms with Gasteiger partial charge in [0.2, 0.25) is 11.2 Å². The first kappa shape index (κ1) is 42.6. The summed E-state index contributed by atoms with van der Waals surface area (Å²) >= 11 is 0. The smallest absolute Gasteiger partial charge is 0.344 e. The van der Waals surface area contributed by atoms with E-state index in [2.05, 4.69) is 12.2 Å². The van der Waals surface area contributed by atoms with Crippen LogP contribution in [0.3, 0.4) is 0 Å². The number of fused-ring (bicyclic) bond motifs is 5. The summed E-state index contributed by atoms with van der Waals surface area (Å²) in [4.78, 5) is 69.9. The van der Waals surface area contributed by atoms with Gasteiger partial charge in [-0.15, -0.1) is 0 Å². The van der Waals surface area contributed by atoms with E-state index in [0.29, 0.717) is 43.4 Å². The van der Waals surface area contributed by atoms with Crippen molar-refractivity contribution < 1.29 is 46.6 Å². The van der Waals surface area contributed by atoms with E-state index in [0.717, 1.165) is 25.5 Å². The highest BCUT2D eigenvalue weighted by Crippen LogP contribution is 2.45. The molecule has 2 bridgehead atoms. The van der Waals surface area contributed by atoms with Gasteiger partial charge in [-0.05, 0) is 38.7 Å². The van der Waals surface area contributed by atoms with Gasteiger partial charge in [0.05, 0.1) is 17.7 Å². The third-order valence-electron chi connectivity index (χ3n) is 11.4. The molecule has 58 heavy (non-hydrogen) atoms. The van der Waals surface area contributed by atoms with Gasteiger partial charge in [0, 0.05) is 48.5 Å². The third-order valence-corrected chi connectivity index (χ3v) is 11.4. The highest BCUT2D eigenvalue weighted by molar-refractivity contribution is 6.01. The molecule has 2 fully saturated rings. The molecule has 3 heterocycles. The first-order chi connectivity index (χ1) is 27.9. The Bertz CT molecular complexity index is 2050. The number of hydrogen-bond donors (Lipinski definition) is 1. The van der Waals surface area contributed by atoms with Gasteiger partial charge >= 0.3 is 11.9 Å². The van der Waals surface area contributed by atoms with Crippen LogP contribution in [0, 0.1) is 17.5 Å². The number of pyridine rings is 1. The summed E-state index contributed by atoms with van der Waals surface area (Å²) in [6.45, 7) is 3.18. The monoisotopic (exact) mass is 807 g/mol. The molecule has 14 heteroatoms. The van der Waals surface area contributed by atoms with Crippen LogP contribution in [-0.4, -0.2) is 51.1 Å². The van der Waals surface area contributed by atoms with Crippen molar-refractivity contribution in [2.24, 2.45) is 0 Å². The number of nitrogens with zero attached hydrogens (tertiary/aromatic N) is 2. The highest BCUT2D eigenvalue weighted by Gasteiger charge is 2.52. The number of hydrogen-bond acceptors (Lipinski definition) is 8. The molecular weight excluding hydrogens is 755 g/mol. The lowest BCUT2D eigenvalue weighted by Gasteiger charge is -2.47. The van der Waals surface area contributed by atoms with Crippen LogP contribution in [0.4, 0.5) is 13.2 Å². The van der Waals surface area contributed by atoms with Crippen molar-refractivity contribution in [3.63, 3.8) is 0 Å². The van der Waals surface area contributed by atoms with Crippen LogP contribution in [-0.2, 0) is 34.0 Å². The number of unbranched alkanes of at least 4 members (excludes halogenated alkanes) is 10. The zero-order chi connectivity index (χ0) is 41.4. The lowest BCUT2D eigenvalue weighted by atomic mass is 10.0. The number of aromatic nitrogens is 1. The molecule has 2 unspecified atom stereocenters. The van der Waals surface area contributed by atoms with Gasteiger partial charge in [-0.25, -0.2) is 18.0 Å². The Morgan fingerprint density at radius 1 is 0.914 bits per heavy atom. The standard InChI is InChI=1S/C44H52F3N3O8/c1-3-4-5-6-7-8-9-10-11-12-13-18-37(51)56-27-28-16-14-15-17-31(28)43(55)57-40-38-42(54)50-30-19-20-44(2,23-30)58-36(50)26-49(38)25-33(39(40)52)41(53)48-24-32-34(46)21-29(45)22-35(32)47/h14-17,21-22,25,30,36H,3-13,18-20,23-24,26-27H2,1-2H3,(H,48,53)/t30-,36?,44?/m0/s1. The normalized spacial score (nSPS) is 19.4. The Kier molecular flexibility index (Phi) is 14.1. The molecule has 3 atom stereocenters. The fourth-order valence-corrected chi connectivity index (χ4v) is 8.27. The Hall–Kier alpha value is -4.98. The number of amides is 2. The van der Waals surface area contributed by atoms with E-state index in [1.807, 2.05) is 6.92 Å². The van der Waals surface area contributed by atoms with E-state index < -0.39 is 81.9 Å². The van der Waals surface area contributed by atoms with Gasteiger partial charge in [0.15, 0.2) is 11.9 Å². The van der Waals surface area contributed by atoms with E-state index in [9.17, 15) is 37.1 Å². The van der Waals surface area contributed by atoms with E-state index in [4.69, 9.17) is 14.2 Å². The number of esters is 2. The van der Waals surface area contributed by atoms with Gasteiger partial charge < -0.3 is 29.0 Å². The van der Waals surface area contributed by atoms with E-state index >= 15 is 0 Å². The maximum atomic E-state index is 14.4. The lowest BCUT2D eigenvalue weighted by Crippen LogP contribution is -2.59. The number of carbonyl (C=O) groups is 4. The van der Waals surface area contributed by atoms with Crippen molar-refractivity contribution >= 4 is 23.8 Å². The quantitative estimate of drug-likeness (QED) is 0.0946. The van der Waals surface area contributed by atoms with Crippen molar-refractivity contribution in [1.82, 2.24) is 14.8 Å². The second-order valence-corrected chi connectivity index (χ2v) is 15.9. The minimum atomic E-state index is -1.24. The predicted molar refractivity (Wildman–Crippen MR) is 208 cm³/mol. The second kappa shape index (κ2) is 19.2. The Morgan fingerprint density at radius 3 is 2.26 bits per heavy atom. The molecule has 1 aromatic heterocycles. The first-order valence-electron chi connectivity index (χ1n) is 20.5. The number of ether oxygens (including phenoxy) is 3. The Balaban J connectivity index is 1.16. The summed E-state index contributed by atoms with van der Waals surface area (Å²) < 4.78 is 61.2. The molecule has 11 nitrogen and oxygen atoms in total. The van der Waals surface area contributed by atoms with E-state index in [1.165, 1.54) is 55.6 Å². The average molecular weight is 808 g/mol. The van der Waals surface area contributed by atoms with Crippen LogP contribution in [0.5, 0.6) is 5.75 Å². The topological polar surface area (TPSA) is 133 Å². The van der Waals surface area contributed by atoms with Crippen LogP contribution >= 0.6 is 0 Å². The summed E-state index contributed by atoms with van der Waals surface area (Å²) in [6, 6.07) is 6.94. The largest absolute Gasteiger partial charge is 0.461 e. The summed E-state index contributed by atoms with van der Waals surface area (Å²) in [5, 5.41) is 2.28. The predicted octanol–water partition coefficient (Wildman–Crippen LogP) is 8.28. The minimum Gasteiger partial charge on any atom is -0.461 e. The molecule has 0 spiro atoms. The minimum absolute atomic E-state index is 0.00877. The molecule has 1 saturated carbocycles. The number of nitrogens with one attached hydrogen (secondary N) is 1. The molecular formula is C44H52F3N3O8. The Labute approximate surface area is 336 Å². The number of halogens is 3. The molecule has 6 rings (SSSR count). The molecule has 312 valence electrons. The molecule has 1 N–H and O–H groups in total. The zero-order valence-electron chi connectivity index (χ0n) is 33.2. The van der Waals surface area contributed by atoms with Crippen LogP contribution < -0.4 is 15.5 Å². The maximum Gasteiger partial charge on any atom is 0.344 e. The maximum absolute atomic E-state index is 14.4. The first-order valence-corrected chi connectivity index (χ1v) is 20.5. The number of benzene rings is 2. The molecule has 1 aliphatic carbocycles. The van der Waals surface area contributed by atoms with Crippen molar-refractivity contribution in [3.05, 3.63) is 98.2 Å². The molecule has 2 aliphatic heterocycles. The van der Waals surface area contributed by atoms with Crippen LogP contribution in [0.25, 0.3) is 0 Å². The molecule has 3 aromatic rings. The van der Waals surface area contributed by atoms with Crippen LogP contribution in [0.2, 0.25) is 0 Å². The average Bonchev–Trinajstić information content (AvgIpc) is 3.50. The second-order valence-electron chi connectivity index (χ2n) is 15.9. The SMILES string of the molecule is CCCCCCCCCCCCCC(=O)OCc1ccccc1C(=O)Oc1c2n(cc(C(=O)NCc3c(F)cc(F)cc3F)c1=O)CC1OC3(C)CC[C@@H](C3)N1C2=O. The fourth-order valence-electron chi connectivity index (χ4n) is 8.27. The number of carbonyl (C=O) groups excluding carboxylic acids is 4. The van der Waals surface area contributed by atoms with Gasteiger partial charge in [0.1, 0.15) is 29.6 Å². The number of rotatable bonds is 19. The fraction of sp³-hybridized carbons (Fsp3) is 0.523. The summed E-state index contributed by atoms with van der Waals surface area (Å²) in [5.41, 5.74) is -2.81. The summed E-state index contributed by atoms with van der Waals surface area (Å²) in [6.07, 6.45) is 15.2. The van der Waals surface area contributed by atoms with Gasteiger partial charge in [-0.1, -0.05) is 89.3 Å². The van der Waals surface area contributed by atoms with Gasteiger partial charge in [-0.3, -0.25) is 19.2 Å². The molecule has 2 amide bonds. The van der Waals surface area contributed by atoms with E-state index in [1.54, 1.807) is 23.1 Å². The van der Waals surface area contributed by atoms with Gasteiger partial charge in [-0.2, -0.15) is 0 Å².